The second kappa shape index (κ2) is 12.6. The molecule has 2 fully saturated rings. The fourth-order valence-electron chi connectivity index (χ4n) is 3.38. The normalized spacial score (nSPS) is 18.6. The topological polar surface area (TPSA) is 95.1 Å². The van der Waals surface area contributed by atoms with E-state index < -0.39 is 11.7 Å². The number of carbonyl (C=O) groups is 2. The van der Waals surface area contributed by atoms with Gasteiger partial charge in [-0.25, -0.2) is 9.79 Å². The molecule has 0 bridgehead atoms. The molecular formula is C21H40IN5O3. The number of carbonyl (C=O) groups excluding carboxylic acids is 2. The molecule has 9 heteroatoms. The summed E-state index contributed by atoms with van der Waals surface area (Å²) in [6.45, 7) is 6.23. The molecule has 1 unspecified atom stereocenters. The molecule has 8 nitrogen and oxygen atoms in total. The van der Waals surface area contributed by atoms with Crippen molar-refractivity contribution in [1.82, 2.24) is 20.9 Å². The minimum atomic E-state index is -0.521. The van der Waals surface area contributed by atoms with Crippen LogP contribution in [0.1, 0.15) is 65.7 Å². The molecule has 3 N–H and O–H groups in total. The molecule has 2 amide bonds. The zero-order valence-corrected chi connectivity index (χ0v) is 21.5. The first kappa shape index (κ1) is 26.8. The zero-order valence-electron chi connectivity index (χ0n) is 19.1. The molecule has 0 aromatic heterocycles. The Balaban J connectivity index is 0.00000450. The first-order valence-electron chi connectivity index (χ1n) is 10.9. The Morgan fingerprint density at radius 3 is 2.27 bits per heavy atom. The monoisotopic (exact) mass is 537 g/mol. The summed E-state index contributed by atoms with van der Waals surface area (Å²) in [6.07, 6.45) is 7.75. The first-order valence-corrected chi connectivity index (χ1v) is 10.9. The van der Waals surface area contributed by atoms with Gasteiger partial charge in [-0.15, -0.1) is 24.0 Å². The summed E-state index contributed by atoms with van der Waals surface area (Å²) in [7, 11) is 3.46. The molecule has 0 spiro atoms. The van der Waals surface area contributed by atoms with E-state index in [1.54, 1.807) is 19.0 Å². The summed E-state index contributed by atoms with van der Waals surface area (Å²) in [5.41, 5.74) is -0.521. The lowest BCUT2D eigenvalue weighted by Gasteiger charge is -2.27. The van der Waals surface area contributed by atoms with Gasteiger partial charge in [-0.1, -0.05) is 19.3 Å². The zero-order chi connectivity index (χ0) is 21.4. The van der Waals surface area contributed by atoms with Crippen molar-refractivity contribution in [3.8, 4) is 0 Å². The van der Waals surface area contributed by atoms with Crippen molar-refractivity contribution in [3.63, 3.8) is 0 Å². The van der Waals surface area contributed by atoms with Crippen LogP contribution in [-0.2, 0) is 9.53 Å². The van der Waals surface area contributed by atoms with Crippen LogP contribution in [0.4, 0.5) is 4.79 Å². The molecule has 1 atom stereocenters. The molecule has 30 heavy (non-hydrogen) atoms. The third-order valence-corrected chi connectivity index (χ3v) is 5.20. The molecule has 0 saturated heterocycles. The van der Waals surface area contributed by atoms with Gasteiger partial charge >= 0.3 is 6.09 Å². The van der Waals surface area contributed by atoms with Crippen LogP contribution in [-0.4, -0.2) is 67.7 Å². The number of hydrogen-bond acceptors (Lipinski definition) is 4. The highest BCUT2D eigenvalue weighted by Crippen LogP contribution is 2.32. The Hall–Kier alpha value is -1.26. The molecule has 2 rings (SSSR count). The van der Waals surface area contributed by atoms with Crippen molar-refractivity contribution in [2.24, 2.45) is 10.9 Å². The van der Waals surface area contributed by atoms with Gasteiger partial charge in [-0.05, 0) is 52.4 Å². The molecule has 174 valence electrons. The number of ether oxygens (including phenoxy) is 1. The Morgan fingerprint density at radius 1 is 1.10 bits per heavy atom. The number of rotatable bonds is 7. The number of amides is 2. The quantitative estimate of drug-likeness (QED) is 0.264. The van der Waals surface area contributed by atoms with Crippen molar-refractivity contribution in [2.75, 3.05) is 27.2 Å². The first-order chi connectivity index (χ1) is 13.6. The van der Waals surface area contributed by atoms with E-state index in [1.165, 1.54) is 19.3 Å². The predicted octanol–water partition coefficient (Wildman–Crippen LogP) is 2.86. The SMILES string of the molecule is CN(C)C(=O)CN=C(NCC(NC(=O)OC(C)(C)C)C1CC1)NC1CCCCC1.I. The minimum Gasteiger partial charge on any atom is -0.444 e. The maximum absolute atomic E-state index is 12.2. The van der Waals surface area contributed by atoms with Gasteiger partial charge in [0.25, 0.3) is 0 Å². The number of guanidine groups is 1. The Bertz CT molecular complexity index is 582. The maximum Gasteiger partial charge on any atom is 0.407 e. The van der Waals surface area contributed by atoms with Crippen LogP contribution in [0.5, 0.6) is 0 Å². The predicted molar refractivity (Wildman–Crippen MR) is 130 cm³/mol. The molecule has 2 aliphatic rings. The summed E-state index contributed by atoms with van der Waals surface area (Å²) in [6, 6.07) is 0.357. The average molecular weight is 537 g/mol. The van der Waals surface area contributed by atoms with E-state index in [-0.39, 0.29) is 42.5 Å². The van der Waals surface area contributed by atoms with Gasteiger partial charge in [-0.2, -0.15) is 0 Å². The van der Waals surface area contributed by atoms with Crippen LogP contribution < -0.4 is 16.0 Å². The number of nitrogens with one attached hydrogen (secondary N) is 3. The summed E-state index contributed by atoms with van der Waals surface area (Å²) >= 11 is 0. The molecule has 2 saturated carbocycles. The Morgan fingerprint density at radius 2 is 1.73 bits per heavy atom. The van der Waals surface area contributed by atoms with Crippen LogP contribution in [0.25, 0.3) is 0 Å². The molecule has 0 aliphatic heterocycles. The average Bonchev–Trinajstić information content (AvgIpc) is 3.46. The van der Waals surface area contributed by atoms with E-state index in [0.29, 0.717) is 24.5 Å². The fraction of sp³-hybridized carbons (Fsp3) is 0.857. The van der Waals surface area contributed by atoms with Gasteiger partial charge in [0, 0.05) is 26.7 Å². The summed E-state index contributed by atoms with van der Waals surface area (Å²) in [4.78, 5) is 30.2. The van der Waals surface area contributed by atoms with Gasteiger partial charge in [0.15, 0.2) is 5.96 Å². The van der Waals surface area contributed by atoms with Gasteiger partial charge in [0.1, 0.15) is 12.1 Å². The van der Waals surface area contributed by atoms with Crippen molar-refractivity contribution >= 4 is 41.9 Å². The van der Waals surface area contributed by atoms with Gasteiger partial charge in [0.2, 0.25) is 5.91 Å². The van der Waals surface area contributed by atoms with Gasteiger partial charge in [0.05, 0.1) is 6.04 Å². The molecule has 0 aromatic rings. The third-order valence-electron chi connectivity index (χ3n) is 5.20. The van der Waals surface area contributed by atoms with E-state index in [9.17, 15) is 9.59 Å². The largest absolute Gasteiger partial charge is 0.444 e. The molecule has 0 heterocycles. The number of hydrogen-bond donors (Lipinski definition) is 3. The minimum absolute atomic E-state index is 0. The summed E-state index contributed by atoms with van der Waals surface area (Å²) in [5, 5.41) is 9.83. The lowest BCUT2D eigenvalue weighted by Crippen LogP contribution is -2.51. The van der Waals surface area contributed by atoms with E-state index in [2.05, 4.69) is 20.9 Å². The molecule has 0 aromatic carbocycles. The van der Waals surface area contributed by atoms with Crippen molar-refractivity contribution in [2.45, 2.75) is 83.4 Å². The number of alkyl carbamates (subject to hydrolysis) is 1. The van der Waals surface area contributed by atoms with E-state index in [4.69, 9.17) is 4.74 Å². The Labute approximate surface area is 198 Å². The van der Waals surface area contributed by atoms with E-state index in [1.807, 2.05) is 20.8 Å². The van der Waals surface area contributed by atoms with Crippen LogP contribution >= 0.6 is 24.0 Å². The molecule has 0 radical (unpaired) electrons. The third kappa shape index (κ3) is 10.7. The van der Waals surface area contributed by atoms with Crippen LogP contribution in [0.2, 0.25) is 0 Å². The van der Waals surface area contributed by atoms with Crippen molar-refractivity contribution in [1.29, 1.82) is 0 Å². The second-order valence-electron chi connectivity index (χ2n) is 9.40. The summed E-state index contributed by atoms with van der Waals surface area (Å²) in [5.74, 6) is 1.05. The molecule has 2 aliphatic carbocycles. The summed E-state index contributed by atoms with van der Waals surface area (Å²) < 4.78 is 5.41. The highest BCUT2D eigenvalue weighted by molar-refractivity contribution is 14.0. The van der Waals surface area contributed by atoms with Crippen molar-refractivity contribution < 1.29 is 14.3 Å². The maximum atomic E-state index is 12.2. The van der Waals surface area contributed by atoms with Gasteiger partial charge in [-0.3, -0.25) is 4.79 Å². The lowest BCUT2D eigenvalue weighted by atomic mass is 9.96. The second-order valence-corrected chi connectivity index (χ2v) is 9.40. The number of likely N-dealkylation sites (N-methyl/N-ethyl adjacent to an activating group) is 1. The lowest BCUT2D eigenvalue weighted by molar-refractivity contribution is -0.127. The number of halogens is 1. The molecular weight excluding hydrogens is 497 g/mol. The number of nitrogens with zero attached hydrogens (tertiary/aromatic N) is 2. The fourth-order valence-corrected chi connectivity index (χ4v) is 3.38. The van der Waals surface area contributed by atoms with Crippen molar-refractivity contribution in [3.05, 3.63) is 0 Å². The van der Waals surface area contributed by atoms with Crippen LogP contribution in [0.15, 0.2) is 4.99 Å². The van der Waals surface area contributed by atoms with E-state index in [0.717, 1.165) is 25.7 Å². The highest BCUT2D eigenvalue weighted by atomic mass is 127. The number of aliphatic imine (C=N–C) groups is 1. The van der Waals surface area contributed by atoms with Crippen LogP contribution in [0.3, 0.4) is 0 Å². The smallest absolute Gasteiger partial charge is 0.407 e. The van der Waals surface area contributed by atoms with Crippen LogP contribution in [0, 0.1) is 5.92 Å². The highest BCUT2D eigenvalue weighted by Gasteiger charge is 2.33. The van der Waals surface area contributed by atoms with Gasteiger partial charge < -0.3 is 25.6 Å². The Kier molecular flexibility index (Phi) is 11.2. The standard InChI is InChI=1S/C21H39N5O3.HI/c1-21(2,3)29-20(28)25-17(15-11-12-15)13-22-19(23-14-18(27)26(4)5)24-16-9-7-6-8-10-16;/h15-17H,6-14H2,1-5H3,(H,25,28)(H2,22,23,24);1H. The van der Waals surface area contributed by atoms with E-state index >= 15 is 0 Å².